The molecule has 1 fully saturated rings. The van der Waals surface area contributed by atoms with E-state index in [2.05, 4.69) is 10.2 Å². The molecule has 1 aliphatic rings. The standard InChI is InChI=1S/C16H24N2O3/c1-14-4-2-3-5-15(14)16(19)17-6-10-20-11-7-18-8-12-21-13-9-18/h2-5H,6-13H2,1H3,(H,17,19). The van der Waals surface area contributed by atoms with Gasteiger partial charge in [-0.25, -0.2) is 0 Å². The van der Waals surface area contributed by atoms with Crippen molar-refractivity contribution in [1.29, 1.82) is 0 Å². The van der Waals surface area contributed by atoms with Crippen LogP contribution in [-0.4, -0.2) is 63.4 Å². The van der Waals surface area contributed by atoms with Crippen LogP contribution in [0.3, 0.4) is 0 Å². The molecule has 2 rings (SSSR count). The van der Waals surface area contributed by atoms with E-state index in [-0.39, 0.29) is 5.91 Å². The van der Waals surface area contributed by atoms with E-state index in [0.717, 1.165) is 44.0 Å². The molecule has 0 atom stereocenters. The summed E-state index contributed by atoms with van der Waals surface area (Å²) in [5.74, 6) is -0.0371. The average molecular weight is 292 g/mol. The first-order valence-electron chi connectivity index (χ1n) is 7.49. The summed E-state index contributed by atoms with van der Waals surface area (Å²) in [5, 5.41) is 2.88. The van der Waals surface area contributed by atoms with Gasteiger partial charge in [0.25, 0.3) is 5.91 Å². The molecule has 1 heterocycles. The Hall–Kier alpha value is -1.43. The molecule has 1 amide bonds. The Morgan fingerprint density at radius 2 is 2.05 bits per heavy atom. The highest BCUT2D eigenvalue weighted by Gasteiger charge is 2.09. The number of carbonyl (C=O) groups is 1. The van der Waals surface area contributed by atoms with Gasteiger partial charge in [-0.3, -0.25) is 9.69 Å². The third kappa shape index (κ3) is 5.46. The second kappa shape index (κ2) is 8.77. The van der Waals surface area contributed by atoms with Crippen molar-refractivity contribution in [1.82, 2.24) is 10.2 Å². The maximum Gasteiger partial charge on any atom is 0.251 e. The lowest BCUT2D eigenvalue weighted by molar-refractivity contribution is 0.0207. The van der Waals surface area contributed by atoms with Crippen LogP contribution >= 0.6 is 0 Å². The molecule has 5 nitrogen and oxygen atoms in total. The molecule has 21 heavy (non-hydrogen) atoms. The van der Waals surface area contributed by atoms with Crippen molar-refractivity contribution in [3.63, 3.8) is 0 Å². The van der Waals surface area contributed by atoms with Crippen LogP contribution in [0, 0.1) is 6.92 Å². The molecule has 0 unspecified atom stereocenters. The van der Waals surface area contributed by atoms with Gasteiger partial charge < -0.3 is 14.8 Å². The van der Waals surface area contributed by atoms with Gasteiger partial charge in [0.1, 0.15) is 0 Å². The van der Waals surface area contributed by atoms with Crippen molar-refractivity contribution >= 4 is 5.91 Å². The van der Waals surface area contributed by atoms with Crippen molar-refractivity contribution in [2.45, 2.75) is 6.92 Å². The summed E-state index contributed by atoms with van der Waals surface area (Å²) in [5.41, 5.74) is 1.72. The van der Waals surface area contributed by atoms with E-state index in [4.69, 9.17) is 9.47 Å². The Labute approximate surface area is 126 Å². The van der Waals surface area contributed by atoms with Gasteiger partial charge in [-0.2, -0.15) is 0 Å². The number of morpholine rings is 1. The summed E-state index contributed by atoms with van der Waals surface area (Å²) >= 11 is 0. The Morgan fingerprint density at radius 3 is 2.81 bits per heavy atom. The molecule has 1 N–H and O–H groups in total. The molecule has 0 aliphatic carbocycles. The van der Waals surface area contributed by atoms with Gasteiger partial charge in [-0.05, 0) is 18.6 Å². The molecule has 0 spiro atoms. The molecular formula is C16H24N2O3. The molecule has 0 radical (unpaired) electrons. The van der Waals surface area contributed by atoms with Crippen LogP contribution < -0.4 is 5.32 Å². The average Bonchev–Trinajstić information content (AvgIpc) is 2.52. The summed E-state index contributed by atoms with van der Waals surface area (Å²) in [7, 11) is 0. The highest BCUT2D eigenvalue weighted by atomic mass is 16.5. The molecule has 5 heteroatoms. The number of carbonyl (C=O) groups excluding carboxylic acids is 1. The molecule has 0 saturated carbocycles. The normalized spacial score (nSPS) is 15.9. The Morgan fingerprint density at radius 1 is 1.29 bits per heavy atom. The molecular weight excluding hydrogens is 268 g/mol. The number of nitrogens with zero attached hydrogens (tertiary/aromatic N) is 1. The summed E-state index contributed by atoms with van der Waals surface area (Å²) in [4.78, 5) is 14.3. The van der Waals surface area contributed by atoms with Gasteiger partial charge in [-0.15, -0.1) is 0 Å². The van der Waals surface area contributed by atoms with Gasteiger partial charge in [0.2, 0.25) is 0 Å². The van der Waals surface area contributed by atoms with E-state index in [1.807, 2.05) is 31.2 Å². The first kappa shape index (κ1) is 15.9. The predicted octanol–water partition coefficient (Wildman–Crippen LogP) is 1.07. The van der Waals surface area contributed by atoms with Crippen molar-refractivity contribution in [3.05, 3.63) is 35.4 Å². The highest BCUT2D eigenvalue weighted by molar-refractivity contribution is 5.95. The minimum absolute atomic E-state index is 0.0371. The van der Waals surface area contributed by atoms with Crippen LogP contribution in [-0.2, 0) is 9.47 Å². The minimum atomic E-state index is -0.0371. The van der Waals surface area contributed by atoms with E-state index in [1.54, 1.807) is 0 Å². The second-order valence-electron chi connectivity index (χ2n) is 5.14. The molecule has 1 aromatic rings. The molecule has 0 aromatic heterocycles. The Balaban J connectivity index is 1.55. The monoisotopic (exact) mass is 292 g/mol. The van der Waals surface area contributed by atoms with Crippen molar-refractivity contribution in [2.24, 2.45) is 0 Å². The number of hydrogen-bond acceptors (Lipinski definition) is 4. The smallest absolute Gasteiger partial charge is 0.251 e. The van der Waals surface area contributed by atoms with Crippen LogP contribution in [0.1, 0.15) is 15.9 Å². The van der Waals surface area contributed by atoms with E-state index in [1.165, 1.54) is 0 Å². The number of rotatable bonds is 7. The fourth-order valence-corrected chi connectivity index (χ4v) is 2.28. The lowest BCUT2D eigenvalue weighted by atomic mass is 10.1. The topological polar surface area (TPSA) is 50.8 Å². The zero-order valence-electron chi connectivity index (χ0n) is 12.6. The van der Waals surface area contributed by atoms with Crippen LogP contribution in [0.2, 0.25) is 0 Å². The van der Waals surface area contributed by atoms with Crippen molar-refractivity contribution in [3.8, 4) is 0 Å². The quantitative estimate of drug-likeness (QED) is 0.764. The second-order valence-corrected chi connectivity index (χ2v) is 5.14. The Kier molecular flexibility index (Phi) is 6.66. The first-order chi connectivity index (χ1) is 10.3. The summed E-state index contributed by atoms with van der Waals surface area (Å²) in [6, 6.07) is 7.58. The summed E-state index contributed by atoms with van der Waals surface area (Å²) in [6.45, 7) is 8.22. The number of hydrogen-bond donors (Lipinski definition) is 1. The third-order valence-corrected chi connectivity index (χ3v) is 3.58. The summed E-state index contributed by atoms with van der Waals surface area (Å²) in [6.07, 6.45) is 0. The molecule has 1 aliphatic heterocycles. The fourth-order valence-electron chi connectivity index (χ4n) is 2.28. The van der Waals surface area contributed by atoms with E-state index >= 15 is 0 Å². The highest BCUT2D eigenvalue weighted by Crippen LogP contribution is 2.06. The maximum atomic E-state index is 12.0. The van der Waals surface area contributed by atoms with Crippen LogP contribution in [0.5, 0.6) is 0 Å². The molecule has 116 valence electrons. The van der Waals surface area contributed by atoms with Gasteiger partial charge in [-0.1, -0.05) is 18.2 Å². The molecule has 1 aromatic carbocycles. The zero-order valence-corrected chi connectivity index (χ0v) is 12.6. The third-order valence-electron chi connectivity index (χ3n) is 3.58. The van der Waals surface area contributed by atoms with E-state index in [0.29, 0.717) is 19.8 Å². The van der Waals surface area contributed by atoms with Crippen LogP contribution in [0.25, 0.3) is 0 Å². The van der Waals surface area contributed by atoms with Gasteiger partial charge in [0, 0.05) is 31.7 Å². The number of benzene rings is 1. The lowest BCUT2D eigenvalue weighted by Crippen LogP contribution is -2.38. The first-order valence-corrected chi connectivity index (χ1v) is 7.49. The Bertz CT molecular complexity index is 445. The van der Waals surface area contributed by atoms with Crippen LogP contribution in [0.15, 0.2) is 24.3 Å². The largest absolute Gasteiger partial charge is 0.379 e. The maximum absolute atomic E-state index is 12.0. The fraction of sp³-hybridized carbons (Fsp3) is 0.562. The van der Waals surface area contributed by atoms with E-state index < -0.39 is 0 Å². The van der Waals surface area contributed by atoms with Crippen LogP contribution in [0.4, 0.5) is 0 Å². The van der Waals surface area contributed by atoms with Gasteiger partial charge in [0.05, 0.1) is 26.4 Å². The molecule has 1 saturated heterocycles. The SMILES string of the molecule is Cc1ccccc1C(=O)NCCOCCN1CCOCC1. The predicted molar refractivity (Wildman–Crippen MR) is 81.6 cm³/mol. The zero-order chi connectivity index (χ0) is 14.9. The summed E-state index contributed by atoms with van der Waals surface area (Å²) < 4.78 is 10.8. The number of nitrogens with one attached hydrogen (secondary N) is 1. The minimum Gasteiger partial charge on any atom is -0.379 e. The molecule has 0 bridgehead atoms. The number of ether oxygens (including phenoxy) is 2. The number of aryl methyl sites for hydroxylation is 1. The van der Waals surface area contributed by atoms with Crippen molar-refractivity contribution in [2.75, 3.05) is 52.6 Å². The van der Waals surface area contributed by atoms with Gasteiger partial charge >= 0.3 is 0 Å². The van der Waals surface area contributed by atoms with Crippen molar-refractivity contribution < 1.29 is 14.3 Å². The lowest BCUT2D eigenvalue weighted by Gasteiger charge is -2.26. The van der Waals surface area contributed by atoms with E-state index in [9.17, 15) is 4.79 Å². The number of amides is 1. The van der Waals surface area contributed by atoms with Gasteiger partial charge in [0.15, 0.2) is 0 Å².